The molecule has 1 atom stereocenters. The summed E-state index contributed by atoms with van der Waals surface area (Å²) in [5.41, 5.74) is 1.76. The summed E-state index contributed by atoms with van der Waals surface area (Å²) in [5, 5.41) is 0. The van der Waals surface area contributed by atoms with E-state index in [1.165, 1.54) is 4.57 Å². The lowest BCUT2D eigenvalue weighted by atomic mass is 10.1. The number of rotatable bonds is 6. The number of carbonyl (C=O) groups is 1. The van der Waals surface area contributed by atoms with Crippen LogP contribution in [0, 0.1) is 0 Å². The van der Waals surface area contributed by atoms with Gasteiger partial charge in [-0.3, -0.25) is 14.2 Å². The van der Waals surface area contributed by atoms with Gasteiger partial charge in [0.1, 0.15) is 12.6 Å². The van der Waals surface area contributed by atoms with Gasteiger partial charge >= 0.3 is 10.8 Å². The lowest BCUT2D eigenvalue weighted by molar-refractivity contribution is -0.150. The van der Waals surface area contributed by atoms with Crippen molar-refractivity contribution in [1.29, 1.82) is 0 Å². The lowest BCUT2D eigenvalue weighted by Crippen LogP contribution is -2.22. The van der Waals surface area contributed by atoms with Gasteiger partial charge in [0.15, 0.2) is 0 Å². The molecule has 3 aromatic rings. The van der Waals surface area contributed by atoms with E-state index in [2.05, 4.69) is 6.92 Å². The first-order valence-corrected chi connectivity index (χ1v) is 8.83. The minimum absolute atomic E-state index is 0.0596. The molecular formula is C19H19NO3S. The molecule has 0 saturated carbocycles. The number of nitrogens with zero attached hydrogens (tertiary/aromatic N) is 1. The average Bonchev–Trinajstić information content (AvgIpc) is 2.91. The predicted molar refractivity (Wildman–Crippen MR) is 96.3 cm³/mol. The molecule has 0 fully saturated rings. The Bertz CT molecular complexity index is 882. The van der Waals surface area contributed by atoms with Crippen LogP contribution < -0.4 is 4.87 Å². The minimum atomic E-state index is -0.386. The highest BCUT2D eigenvalue weighted by Gasteiger charge is 2.18. The van der Waals surface area contributed by atoms with E-state index in [-0.39, 0.29) is 23.5 Å². The van der Waals surface area contributed by atoms with Gasteiger partial charge < -0.3 is 4.74 Å². The van der Waals surface area contributed by atoms with Gasteiger partial charge in [-0.1, -0.05) is 67.1 Å². The summed E-state index contributed by atoms with van der Waals surface area (Å²) >= 11 is 1.15. The fourth-order valence-electron chi connectivity index (χ4n) is 2.71. The molecule has 4 nitrogen and oxygen atoms in total. The summed E-state index contributed by atoms with van der Waals surface area (Å²) in [6, 6.07) is 17.2. The topological polar surface area (TPSA) is 48.3 Å². The Kier molecular flexibility index (Phi) is 5.11. The van der Waals surface area contributed by atoms with Crippen molar-refractivity contribution in [3.63, 3.8) is 0 Å². The molecule has 0 N–H and O–H groups in total. The minimum Gasteiger partial charge on any atom is -0.456 e. The SMILES string of the molecule is CCC[C@H](OC(=O)Cn1c(=O)sc2ccccc21)c1ccccc1. The van der Waals surface area contributed by atoms with Crippen LogP contribution in [0.4, 0.5) is 0 Å². The first-order chi connectivity index (χ1) is 11.7. The number of fused-ring (bicyclic) bond motifs is 1. The first kappa shape index (κ1) is 16.5. The molecule has 0 radical (unpaired) electrons. The van der Waals surface area contributed by atoms with Crippen molar-refractivity contribution in [1.82, 2.24) is 4.57 Å². The lowest BCUT2D eigenvalue weighted by Gasteiger charge is -2.18. The summed E-state index contributed by atoms with van der Waals surface area (Å²) in [7, 11) is 0. The van der Waals surface area contributed by atoms with E-state index in [1.54, 1.807) is 0 Å². The van der Waals surface area contributed by atoms with Crippen molar-refractivity contribution in [2.75, 3.05) is 0 Å². The Morgan fingerprint density at radius 2 is 1.83 bits per heavy atom. The van der Waals surface area contributed by atoms with E-state index in [0.29, 0.717) is 0 Å². The predicted octanol–water partition coefficient (Wildman–Crippen LogP) is 4.15. The quantitative estimate of drug-likeness (QED) is 0.633. The molecule has 3 rings (SSSR count). The summed E-state index contributed by atoms with van der Waals surface area (Å²) in [6.45, 7) is 2.00. The molecule has 0 aliphatic carbocycles. The molecule has 2 aromatic carbocycles. The number of benzene rings is 2. The summed E-state index contributed by atoms with van der Waals surface area (Å²) < 4.78 is 8.02. The van der Waals surface area contributed by atoms with Crippen molar-refractivity contribution in [3.05, 3.63) is 69.8 Å². The highest BCUT2D eigenvalue weighted by molar-refractivity contribution is 7.16. The second kappa shape index (κ2) is 7.45. The van der Waals surface area contributed by atoms with Crippen LogP contribution in [0.1, 0.15) is 31.4 Å². The zero-order chi connectivity index (χ0) is 16.9. The normalized spacial score (nSPS) is 12.2. The number of esters is 1. The molecule has 0 bridgehead atoms. The average molecular weight is 341 g/mol. The monoisotopic (exact) mass is 341 g/mol. The number of para-hydroxylation sites is 1. The molecule has 0 spiro atoms. The fourth-order valence-corrected chi connectivity index (χ4v) is 3.60. The number of aromatic nitrogens is 1. The number of thiazole rings is 1. The van der Waals surface area contributed by atoms with Gasteiger partial charge in [-0.05, 0) is 24.1 Å². The van der Waals surface area contributed by atoms with Crippen molar-refractivity contribution in [2.24, 2.45) is 0 Å². The Balaban J connectivity index is 1.78. The number of hydrogen-bond acceptors (Lipinski definition) is 4. The molecule has 5 heteroatoms. The molecule has 124 valence electrons. The summed E-state index contributed by atoms with van der Waals surface area (Å²) in [6.07, 6.45) is 1.40. The molecule has 0 aliphatic rings. The number of hydrogen-bond donors (Lipinski definition) is 0. The third-order valence-corrected chi connectivity index (χ3v) is 4.82. The molecule has 0 aliphatic heterocycles. The first-order valence-electron chi connectivity index (χ1n) is 8.02. The Morgan fingerprint density at radius 3 is 2.58 bits per heavy atom. The van der Waals surface area contributed by atoms with Gasteiger partial charge in [0.05, 0.1) is 10.2 Å². The third-order valence-electron chi connectivity index (χ3n) is 3.86. The van der Waals surface area contributed by atoms with E-state index in [0.717, 1.165) is 40.0 Å². The van der Waals surface area contributed by atoms with Crippen LogP contribution in [0.2, 0.25) is 0 Å². The Labute approximate surface area is 144 Å². The Hall–Kier alpha value is -2.40. The maximum absolute atomic E-state index is 12.4. The zero-order valence-electron chi connectivity index (χ0n) is 13.5. The molecule has 0 unspecified atom stereocenters. The third kappa shape index (κ3) is 3.57. The molecule has 1 aromatic heterocycles. The molecule has 0 amide bonds. The van der Waals surface area contributed by atoms with Gasteiger partial charge in [-0.15, -0.1) is 0 Å². The largest absolute Gasteiger partial charge is 0.456 e. The summed E-state index contributed by atoms with van der Waals surface area (Å²) in [4.78, 5) is 24.4. The highest BCUT2D eigenvalue weighted by Crippen LogP contribution is 2.23. The van der Waals surface area contributed by atoms with E-state index in [9.17, 15) is 9.59 Å². The van der Waals surface area contributed by atoms with Crippen molar-refractivity contribution in [2.45, 2.75) is 32.4 Å². The number of ether oxygens (including phenoxy) is 1. The molecule has 0 saturated heterocycles. The zero-order valence-corrected chi connectivity index (χ0v) is 14.3. The van der Waals surface area contributed by atoms with E-state index in [1.807, 2.05) is 54.6 Å². The standard InChI is InChI=1S/C19H19NO3S/c1-2-8-16(14-9-4-3-5-10-14)23-18(21)13-20-15-11-6-7-12-17(15)24-19(20)22/h3-7,9-12,16H,2,8,13H2,1H3/t16-/m0/s1. The van der Waals surface area contributed by atoms with Gasteiger partial charge in [0, 0.05) is 0 Å². The van der Waals surface area contributed by atoms with Crippen molar-refractivity contribution >= 4 is 27.5 Å². The maximum atomic E-state index is 12.4. The van der Waals surface area contributed by atoms with Crippen LogP contribution in [0.15, 0.2) is 59.4 Å². The maximum Gasteiger partial charge on any atom is 0.326 e. The van der Waals surface area contributed by atoms with Crippen LogP contribution in [0.25, 0.3) is 10.2 Å². The molecule has 1 heterocycles. The summed E-state index contributed by atoms with van der Waals surface area (Å²) in [5.74, 6) is -0.386. The van der Waals surface area contributed by atoms with Crippen molar-refractivity contribution in [3.8, 4) is 0 Å². The Morgan fingerprint density at radius 1 is 1.12 bits per heavy atom. The number of carbonyl (C=O) groups excluding carboxylic acids is 1. The van der Waals surface area contributed by atoms with Crippen molar-refractivity contribution < 1.29 is 9.53 Å². The molecule has 24 heavy (non-hydrogen) atoms. The van der Waals surface area contributed by atoms with Crippen LogP contribution in [0.3, 0.4) is 0 Å². The van der Waals surface area contributed by atoms with E-state index < -0.39 is 0 Å². The van der Waals surface area contributed by atoms with Crippen LogP contribution >= 0.6 is 11.3 Å². The van der Waals surface area contributed by atoms with E-state index >= 15 is 0 Å². The van der Waals surface area contributed by atoms with Gasteiger partial charge in [0.2, 0.25) is 0 Å². The highest BCUT2D eigenvalue weighted by atomic mass is 32.1. The van der Waals surface area contributed by atoms with Crippen LogP contribution in [-0.4, -0.2) is 10.5 Å². The van der Waals surface area contributed by atoms with E-state index in [4.69, 9.17) is 4.74 Å². The smallest absolute Gasteiger partial charge is 0.326 e. The van der Waals surface area contributed by atoms with Gasteiger partial charge in [0.25, 0.3) is 0 Å². The van der Waals surface area contributed by atoms with Crippen LogP contribution in [-0.2, 0) is 16.1 Å². The second-order valence-electron chi connectivity index (χ2n) is 5.60. The second-order valence-corrected chi connectivity index (χ2v) is 6.59. The molecular weight excluding hydrogens is 322 g/mol. The fraction of sp³-hybridized carbons (Fsp3) is 0.263. The van der Waals surface area contributed by atoms with Gasteiger partial charge in [-0.25, -0.2) is 0 Å². The van der Waals surface area contributed by atoms with Gasteiger partial charge in [-0.2, -0.15) is 0 Å². The van der Waals surface area contributed by atoms with Crippen LogP contribution in [0.5, 0.6) is 0 Å².